The molecular formula is C16H19N3O3S. The molecule has 0 aromatic carbocycles. The van der Waals surface area contributed by atoms with Crippen LogP contribution in [-0.4, -0.2) is 35.0 Å². The van der Waals surface area contributed by atoms with Crippen molar-refractivity contribution < 1.29 is 14.1 Å². The summed E-state index contributed by atoms with van der Waals surface area (Å²) < 4.78 is 4.94. The van der Waals surface area contributed by atoms with Gasteiger partial charge in [-0.3, -0.25) is 9.59 Å². The van der Waals surface area contributed by atoms with Gasteiger partial charge in [0.25, 0.3) is 5.91 Å². The fourth-order valence-electron chi connectivity index (χ4n) is 2.70. The Morgan fingerprint density at radius 3 is 2.61 bits per heavy atom. The summed E-state index contributed by atoms with van der Waals surface area (Å²) >= 11 is 1.51. The number of rotatable bonds is 3. The van der Waals surface area contributed by atoms with Crippen LogP contribution in [0, 0.1) is 19.8 Å². The molecule has 0 saturated carbocycles. The van der Waals surface area contributed by atoms with Crippen molar-refractivity contribution in [2.24, 2.45) is 5.92 Å². The number of nitrogens with zero attached hydrogens (tertiary/aromatic N) is 2. The van der Waals surface area contributed by atoms with E-state index in [0.29, 0.717) is 37.5 Å². The van der Waals surface area contributed by atoms with E-state index in [1.165, 1.54) is 11.3 Å². The second-order valence-electron chi connectivity index (χ2n) is 5.79. The van der Waals surface area contributed by atoms with Gasteiger partial charge >= 0.3 is 0 Å². The van der Waals surface area contributed by atoms with Crippen molar-refractivity contribution >= 4 is 29.0 Å². The lowest BCUT2D eigenvalue weighted by molar-refractivity contribution is -0.121. The third-order valence-corrected chi connectivity index (χ3v) is 4.97. The summed E-state index contributed by atoms with van der Waals surface area (Å²) in [5.74, 6) is 1.01. The SMILES string of the molecule is Cc1cc(NC(=O)C2CCN(C(=O)c3ccc(C)s3)CC2)no1. The number of likely N-dealkylation sites (tertiary alicyclic amines) is 1. The van der Waals surface area contributed by atoms with Crippen molar-refractivity contribution in [3.63, 3.8) is 0 Å². The van der Waals surface area contributed by atoms with E-state index in [1.54, 1.807) is 13.0 Å². The van der Waals surface area contributed by atoms with Crippen LogP contribution in [0.4, 0.5) is 5.82 Å². The quantitative estimate of drug-likeness (QED) is 0.937. The number of anilines is 1. The van der Waals surface area contributed by atoms with E-state index in [1.807, 2.05) is 24.0 Å². The van der Waals surface area contributed by atoms with Crippen molar-refractivity contribution in [3.05, 3.63) is 33.7 Å². The highest BCUT2D eigenvalue weighted by Gasteiger charge is 2.28. The van der Waals surface area contributed by atoms with Crippen LogP contribution in [0.2, 0.25) is 0 Å². The topological polar surface area (TPSA) is 75.4 Å². The molecule has 0 atom stereocenters. The van der Waals surface area contributed by atoms with Gasteiger partial charge in [0.1, 0.15) is 5.76 Å². The van der Waals surface area contributed by atoms with Gasteiger partial charge in [-0.15, -0.1) is 11.3 Å². The number of hydrogen-bond donors (Lipinski definition) is 1. The average Bonchev–Trinajstić information content (AvgIpc) is 3.15. The molecule has 2 amide bonds. The predicted molar refractivity (Wildman–Crippen MR) is 87.6 cm³/mol. The lowest BCUT2D eigenvalue weighted by Crippen LogP contribution is -2.41. The molecule has 6 nitrogen and oxygen atoms in total. The monoisotopic (exact) mass is 333 g/mol. The Labute approximate surface area is 138 Å². The van der Waals surface area contributed by atoms with E-state index >= 15 is 0 Å². The van der Waals surface area contributed by atoms with Gasteiger partial charge in [0.15, 0.2) is 5.82 Å². The Morgan fingerprint density at radius 2 is 2.04 bits per heavy atom. The van der Waals surface area contributed by atoms with E-state index in [2.05, 4.69) is 10.5 Å². The Balaban J connectivity index is 1.53. The Hall–Kier alpha value is -2.15. The van der Waals surface area contributed by atoms with E-state index < -0.39 is 0 Å². The molecule has 2 aromatic heterocycles. The third-order valence-electron chi connectivity index (χ3n) is 3.98. The first-order chi connectivity index (χ1) is 11.0. The third kappa shape index (κ3) is 3.61. The number of aromatic nitrogens is 1. The molecule has 0 radical (unpaired) electrons. The standard InChI is InChI=1S/C16H19N3O3S/c1-10-9-14(18-22-10)17-15(20)12-5-7-19(8-6-12)16(21)13-4-3-11(2)23-13/h3-4,9,12H,5-8H2,1-2H3,(H,17,18,20). The van der Waals surface area contributed by atoms with E-state index in [-0.39, 0.29) is 17.7 Å². The molecule has 0 aliphatic carbocycles. The van der Waals surface area contributed by atoms with Crippen molar-refractivity contribution in [2.45, 2.75) is 26.7 Å². The maximum absolute atomic E-state index is 12.4. The first-order valence-corrected chi connectivity index (χ1v) is 8.44. The average molecular weight is 333 g/mol. The van der Waals surface area contributed by atoms with Crippen molar-refractivity contribution in [1.29, 1.82) is 0 Å². The molecule has 1 aliphatic rings. The van der Waals surface area contributed by atoms with Gasteiger partial charge in [-0.1, -0.05) is 5.16 Å². The summed E-state index contributed by atoms with van der Waals surface area (Å²) in [5.41, 5.74) is 0. The second kappa shape index (κ2) is 6.54. The van der Waals surface area contributed by atoms with Crippen molar-refractivity contribution in [3.8, 4) is 0 Å². The van der Waals surface area contributed by atoms with Crippen LogP contribution in [-0.2, 0) is 4.79 Å². The predicted octanol–water partition coefficient (Wildman–Crippen LogP) is 2.84. The molecule has 122 valence electrons. The number of thiophene rings is 1. The zero-order chi connectivity index (χ0) is 16.4. The molecule has 0 bridgehead atoms. The van der Waals surface area contributed by atoms with Crippen LogP contribution in [0.5, 0.6) is 0 Å². The lowest BCUT2D eigenvalue weighted by Gasteiger charge is -2.30. The number of piperidine rings is 1. The summed E-state index contributed by atoms with van der Waals surface area (Å²) in [4.78, 5) is 28.4. The van der Waals surface area contributed by atoms with Crippen LogP contribution < -0.4 is 5.32 Å². The molecular weight excluding hydrogens is 314 g/mol. The van der Waals surface area contributed by atoms with E-state index in [9.17, 15) is 9.59 Å². The Bertz CT molecular complexity index is 714. The molecule has 1 fully saturated rings. The van der Waals surface area contributed by atoms with Crippen LogP contribution in [0.15, 0.2) is 22.7 Å². The van der Waals surface area contributed by atoms with Gasteiger partial charge in [0.05, 0.1) is 4.88 Å². The minimum Gasteiger partial charge on any atom is -0.360 e. The number of hydrogen-bond acceptors (Lipinski definition) is 5. The van der Waals surface area contributed by atoms with E-state index in [4.69, 9.17) is 4.52 Å². The minimum absolute atomic E-state index is 0.0580. The number of carbonyl (C=O) groups excluding carboxylic acids is 2. The zero-order valence-corrected chi connectivity index (χ0v) is 14.0. The number of nitrogens with one attached hydrogen (secondary N) is 1. The van der Waals surface area contributed by atoms with Crippen LogP contribution in [0.1, 0.15) is 33.2 Å². The Morgan fingerprint density at radius 1 is 1.30 bits per heavy atom. The van der Waals surface area contributed by atoms with Gasteiger partial charge in [-0.2, -0.15) is 0 Å². The normalized spacial score (nSPS) is 15.7. The second-order valence-corrected chi connectivity index (χ2v) is 7.08. The summed E-state index contributed by atoms with van der Waals surface area (Å²) in [5, 5.41) is 6.53. The fourth-order valence-corrected chi connectivity index (χ4v) is 3.54. The molecule has 7 heteroatoms. The smallest absolute Gasteiger partial charge is 0.263 e. The maximum Gasteiger partial charge on any atom is 0.263 e. The molecule has 3 heterocycles. The van der Waals surface area contributed by atoms with Crippen molar-refractivity contribution in [1.82, 2.24) is 10.1 Å². The highest BCUT2D eigenvalue weighted by atomic mass is 32.1. The Kier molecular flexibility index (Phi) is 4.47. The molecule has 0 unspecified atom stereocenters. The van der Waals surface area contributed by atoms with Gasteiger partial charge < -0.3 is 14.7 Å². The maximum atomic E-state index is 12.4. The molecule has 3 rings (SSSR count). The number of aryl methyl sites for hydroxylation is 2. The lowest BCUT2D eigenvalue weighted by atomic mass is 9.96. The largest absolute Gasteiger partial charge is 0.360 e. The van der Waals surface area contributed by atoms with E-state index in [0.717, 1.165) is 9.75 Å². The summed E-state index contributed by atoms with van der Waals surface area (Å²) in [6.45, 7) is 4.97. The van der Waals surface area contributed by atoms with Gasteiger partial charge in [-0.05, 0) is 38.8 Å². The molecule has 0 spiro atoms. The van der Waals surface area contributed by atoms with Gasteiger partial charge in [0, 0.05) is 30.0 Å². The fraction of sp³-hybridized carbons (Fsp3) is 0.438. The summed E-state index contributed by atoms with van der Waals surface area (Å²) in [6.07, 6.45) is 1.33. The van der Waals surface area contributed by atoms with Crippen LogP contribution in [0.25, 0.3) is 0 Å². The minimum atomic E-state index is -0.0962. The number of amides is 2. The first kappa shape index (κ1) is 15.7. The molecule has 1 N–H and O–H groups in total. The molecule has 2 aromatic rings. The summed E-state index contributed by atoms with van der Waals surface area (Å²) in [7, 11) is 0. The first-order valence-electron chi connectivity index (χ1n) is 7.63. The van der Waals surface area contributed by atoms with Gasteiger partial charge in [0.2, 0.25) is 5.91 Å². The summed E-state index contributed by atoms with van der Waals surface area (Å²) in [6, 6.07) is 5.52. The highest BCUT2D eigenvalue weighted by Crippen LogP contribution is 2.23. The zero-order valence-electron chi connectivity index (χ0n) is 13.2. The highest BCUT2D eigenvalue weighted by molar-refractivity contribution is 7.13. The van der Waals surface area contributed by atoms with Crippen LogP contribution >= 0.6 is 11.3 Å². The van der Waals surface area contributed by atoms with Crippen molar-refractivity contribution in [2.75, 3.05) is 18.4 Å². The molecule has 23 heavy (non-hydrogen) atoms. The molecule has 1 aliphatic heterocycles. The van der Waals surface area contributed by atoms with Crippen LogP contribution in [0.3, 0.4) is 0 Å². The van der Waals surface area contributed by atoms with Gasteiger partial charge in [-0.25, -0.2) is 0 Å². The molecule has 1 saturated heterocycles. The number of carbonyl (C=O) groups is 2.